The Bertz CT molecular complexity index is 102. The maximum absolute atomic E-state index is 5.29. The van der Waals surface area contributed by atoms with Crippen molar-refractivity contribution in [2.24, 2.45) is 5.41 Å². The topological polar surface area (TPSA) is 9.23 Å². The lowest BCUT2D eigenvalue weighted by Crippen LogP contribution is -2.26. The standard InChI is InChI=1S/C10H21BrO/c1-5-10(6-2,8-11)7-9(3)12-4/h9H,5-8H2,1-4H3. The highest BCUT2D eigenvalue weighted by molar-refractivity contribution is 9.09. The number of rotatable bonds is 6. The van der Waals surface area contributed by atoms with Crippen LogP contribution in [0.1, 0.15) is 40.0 Å². The molecule has 0 aliphatic carbocycles. The van der Waals surface area contributed by atoms with Gasteiger partial charge in [0.1, 0.15) is 0 Å². The lowest BCUT2D eigenvalue weighted by atomic mass is 9.80. The molecule has 1 atom stereocenters. The molecule has 0 fully saturated rings. The fourth-order valence-electron chi connectivity index (χ4n) is 1.48. The Labute approximate surface area is 85.0 Å². The second-order valence-electron chi connectivity index (χ2n) is 3.59. The van der Waals surface area contributed by atoms with Crippen LogP contribution in [0.2, 0.25) is 0 Å². The van der Waals surface area contributed by atoms with Crippen LogP contribution in [0.5, 0.6) is 0 Å². The predicted molar refractivity (Wildman–Crippen MR) is 57.9 cm³/mol. The van der Waals surface area contributed by atoms with Crippen LogP contribution in [-0.2, 0) is 4.74 Å². The van der Waals surface area contributed by atoms with Crippen molar-refractivity contribution < 1.29 is 4.74 Å². The summed E-state index contributed by atoms with van der Waals surface area (Å²) in [5.41, 5.74) is 0.440. The number of hydrogen-bond donors (Lipinski definition) is 0. The zero-order chi connectivity index (χ0) is 9.61. The molecule has 0 aliphatic rings. The van der Waals surface area contributed by atoms with Crippen LogP contribution in [0, 0.1) is 5.41 Å². The van der Waals surface area contributed by atoms with E-state index in [-0.39, 0.29) is 0 Å². The molecule has 0 aromatic heterocycles. The smallest absolute Gasteiger partial charge is 0.0548 e. The molecule has 1 nitrogen and oxygen atoms in total. The number of methoxy groups -OCH3 is 1. The molecule has 0 saturated heterocycles. The van der Waals surface area contributed by atoms with Crippen LogP contribution >= 0.6 is 15.9 Å². The van der Waals surface area contributed by atoms with Crippen LogP contribution < -0.4 is 0 Å². The summed E-state index contributed by atoms with van der Waals surface area (Å²) in [5.74, 6) is 0. The van der Waals surface area contributed by atoms with Gasteiger partial charge in [0, 0.05) is 12.4 Å². The summed E-state index contributed by atoms with van der Waals surface area (Å²) in [7, 11) is 1.79. The van der Waals surface area contributed by atoms with Gasteiger partial charge in [-0.05, 0) is 31.6 Å². The molecule has 2 heteroatoms. The minimum absolute atomic E-state index is 0.377. The summed E-state index contributed by atoms with van der Waals surface area (Å²) >= 11 is 3.60. The normalized spacial score (nSPS) is 14.8. The van der Waals surface area contributed by atoms with Gasteiger partial charge < -0.3 is 4.74 Å². The van der Waals surface area contributed by atoms with Gasteiger partial charge in [0.25, 0.3) is 0 Å². The Balaban J connectivity index is 4.09. The maximum Gasteiger partial charge on any atom is 0.0548 e. The Kier molecular flexibility index (Phi) is 6.20. The van der Waals surface area contributed by atoms with Gasteiger partial charge in [0.05, 0.1) is 6.10 Å². The Hall–Kier alpha value is 0.440. The van der Waals surface area contributed by atoms with Crippen molar-refractivity contribution in [3.8, 4) is 0 Å². The molecule has 0 aliphatic heterocycles. The van der Waals surface area contributed by atoms with Crippen LogP contribution in [0.25, 0.3) is 0 Å². The number of ether oxygens (including phenoxy) is 1. The molecule has 0 aromatic carbocycles. The predicted octanol–water partition coefficient (Wildman–Crippen LogP) is 3.61. The number of hydrogen-bond acceptors (Lipinski definition) is 1. The third-order valence-corrected chi connectivity index (χ3v) is 4.10. The largest absolute Gasteiger partial charge is 0.382 e. The Morgan fingerprint density at radius 2 is 1.83 bits per heavy atom. The van der Waals surface area contributed by atoms with Gasteiger partial charge in [-0.2, -0.15) is 0 Å². The monoisotopic (exact) mass is 236 g/mol. The number of halogens is 1. The summed E-state index contributed by atoms with van der Waals surface area (Å²) in [6, 6.07) is 0. The highest BCUT2D eigenvalue weighted by Crippen LogP contribution is 2.34. The highest BCUT2D eigenvalue weighted by Gasteiger charge is 2.26. The van der Waals surface area contributed by atoms with Crippen LogP contribution in [-0.4, -0.2) is 18.5 Å². The molecule has 0 aromatic rings. The van der Waals surface area contributed by atoms with Gasteiger partial charge in [-0.3, -0.25) is 0 Å². The maximum atomic E-state index is 5.29. The van der Waals surface area contributed by atoms with Gasteiger partial charge in [-0.15, -0.1) is 0 Å². The molecule has 12 heavy (non-hydrogen) atoms. The van der Waals surface area contributed by atoms with E-state index in [2.05, 4.69) is 36.7 Å². The lowest BCUT2D eigenvalue weighted by Gasteiger charge is -2.31. The van der Waals surface area contributed by atoms with E-state index >= 15 is 0 Å². The minimum atomic E-state index is 0.377. The van der Waals surface area contributed by atoms with Gasteiger partial charge in [-0.25, -0.2) is 0 Å². The fraction of sp³-hybridized carbons (Fsp3) is 1.00. The van der Waals surface area contributed by atoms with Crippen LogP contribution in [0.4, 0.5) is 0 Å². The van der Waals surface area contributed by atoms with Crippen molar-refractivity contribution in [2.75, 3.05) is 12.4 Å². The zero-order valence-corrected chi connectivity index (χ0v) is 10.3. The Morgan fingerprint density at radius 1 is 1.33 bits per heavy atom. The zero-order valence-electron chi connectivity index (χ0n) is 8.69. The van der Waals surface area contributed by atoms with Gasteiger partial charge >= 0.3 is 0 Å². The summed E-state index contributed by atoms with van der Waals surface area (Å²) in [5, 5.41) is 1.08. The van der Waals surface area contributed by atoms with Crippen molar-refractivity contribution in [2.45, 2.75) is 46.1 Å². The lowest BCUT2D eigenvalue weighted by molar-refractivity contribution is 0.0687. The van der Waals surface area contributed by atoms with E-state index in [1.54, 1.807) is 7.11 Å². The van der Waals surface area contributed by atoms with E-state index in [4.69, 9.17) is 4.74 Å². The minimum Gasteiger partial charge on any atom is -0.382 e. The van der Waals surface area contributed by atoms with Gasteiger partial charge in [-0.1, -0.05) is 29.8 Å². The van der Waals surface area contributed by atoms with Crippen molar-refractivity contribution in [3.05, 3.63) is 0 Å². The van der Waals surface area contributed by atoms with E-state index in [9.17, 15) is 0 Å². The molecule has 0 heterocycles. The first-order chi connectivity index (χ1) is 5.64. The van der Waals surface area contributed by atoms with Crippen molar-refractivity contribution >= 4 is 15.9 Å². The van der Waals surface area contributed by atoms with E-state index < -0.39 is 0 Å². The summed E-state index contributed by atoms with van der Waals surface area (Å²) < 4.78 is 5.29. The van der Waals surface area contributed by atoms with Crippen molar-refractivity contribution in [3.63, 3.8) is 0 Å². The third-order valence-electron chi connectivity index (χ3n) is 2.91. The fourth-order valence-corrected chi connectivity index (χ4v) is 2.50. The molecule has 0 rings (SSSR count). The van der Waals surface area contributed by atoms with Crippen LogP contribution in [0.15, 0.2) is 0 Å². The van der Waals surface area contributed by atoms with E-state index in [0.717, 1.165) is 11.8 Å². The van der Waals surface area contributed by atoms with E-state index in [1.807, 2.05) is 0 Å². The second-order valence-corrected chi connectivity index (χ2v) is 4.15. The third kappa shape index (κ3) is 3.44. The molecule has 0 bridgehead atoms. The van der Waals surface area contributed by atoms with Gasteiger partial charge in [0.15, 0.2) is 0 Å². The first-order valence-electron chi connectivity index (χ1n) is 4.73. The molecular formula is C10H21BrO. The molecular weight excluding hydrogens is 216 g/mol. The molecule has 74 valence electrons. The summed E-state index contributed by atoms with van der Waals surface area (Å²) in [6.45, 7) is 6.66. The molecule has 0 N–H and O–H groups in total. The Morgan fingerprint density at radius 3 is 2.08 bits per heavy atom. The first-order valence-corrected chi connectivity index (χ1v) is 5.85. The van der Waals surface area contributed by atoms with Crippen LogP contribution in [0.3, 0.4) is 0 Å². The van der Waals surface area contributed by atoms with E-state index in [0.29, 0.717) is 11.5 Å². The molecule has 1 unspecified atom stereocenters. The number of alkyl halides is 1. The SMILES string of the molecule is CCC(CC)(CBr)CC(C)OC. The first kappa shape index (κ1) is 12.4. The second kappa shape index (κ2) is 5.98. The average Bonchev–Trinajstić information content (AvgIpc) is 2.14. The molecule has 0 radical (unpaired) electrons. The summed E-state index contributed by atoms with van der Waals surface area (Å²) in [4.78, 5) is 0. The quantitative estimate of drug-likeness (QED) is 0.641. The average molecular weight is 237 g/mol. The molecule has 0 amide bonds. The highest BCUT2D eigenvalue weighted by atomic mass is 79.9. The summed E-state index contributed by atoms with van der Waals surface area (Å²) in [6.07, 6.45) is 3.98. The van der Waals surface area contributed by atoms with Crippen molar-refractivity contribution in [1.82, 2.24) is 0 Å². The molecule has 0 saturated carbocycles. The molecule has 0 spiro atoms. The van der Waals surface area contributed by atoms with Crippen molar-refractivity contribution in [1.29, 1.82) is 0 Å². The van der Waals surface area contributed by atoms with E-state index in [1.165, 1.54) is 12.8 Å². The van der Waals surface area contributed by atoms with Gasteiger partial charge in [0.2, 0.25) is 0 Å².